The molecule has 1 N–H and O–H groups in total. The van der Waals surface area contributed by atoms with Gasteiger partial charge in [-0.25, -0.2) is 0 Å². The molecule has 0 unspecified atom stereocenters. The summed E-state index contributed by atoms with van der Waals surface area (Å²) in [6.07, 6.45) is 3.29. The molecule has 3 nitrogen and oxygen atoms in total. The number of rotatable bonds is 0. The van der Waals surface area contributed by atoms with E-state index in [1.807, 2.05) is 0 Å². The number of halogens is 1. The summed E-state index contributed by atoms with van der Waals surface area (Å²) in [5, 5.41) is 0. The van der Waals surface area contributed by atoms with Crippen molar-refractivity contribution >= 4 is 12.4 Å². The van der Waals surface area contributed by atoms with E-state index in [1.54, 1.807) is 6.08 Å². The van der Waals surface area contributed by atoms with Crippen LogP contribution in [0.25, 0.3) is 0 Å². The van der Waals surface area contributed by atoms with Crippen molar-refractivity contribution in [1.29, 1.82) is 0 Å². The number of hydrogen-bond acceptors (Lipinski definition) is 3. The molecule has 0 bridgehead atoms. The second-order valence-electron chi connectivity index (χ2n) is 0.884. The van der Waals surface area contributed by atoms with E-state index in [-0.39, 0.29) is 12.4 Å². The smallest absolute Gasteiger partial charge is 0.112 e. The Hall–Kier alpha value is -0.250. The second-order valence-corrected chi connectivity index (χ2v) is 0.884. The molecule has 1 heterocycles. The molecule has 0 aromatic carbocycles. The fourth-order valence-corrected chi connectivity index (χ4v) is 0.231. The van der Waals surface area contributed by atoms with Crippen LogP contribution in [0.1, 0.15) is 0 Å². The van der Waals surface area contributed by atoms with Crippen molar-refractivity contribution in [3.05, 3.63) is 12.3 Å². The average Bonchev–Trinajstić information content (AvgIpc) is 1.72. The first-order valence-corrected chi connectivity index (χ1v) is 1.67. The zero-order valence-corrected chi connectivity index (χ0v) is 4.40. The van der Waals surface area contributed by atoms with Crippen molar-refractivity contribution in [3.63, 3.8) is 0 Å². The SMILES string of the molecule is C1=CONOC1.Cl. The predicted octanol–water partition coefficient (Wildman–Crippen LogP) is 0.388. The van der Waals surface area contributed by atoms with E-state index in [2.05, 4.69) is 15.3 Å². The van der Waals surface area contributed by atoms with Gasteiger partial charge in [0.25, 0.3) is 0 Å². The van der Waals surface area contributed by atoms with Crippen molar-refractivity contribution < 1.29 is 9.68 Å². The van der Waals surface area contributed by atoms with Gasteiger partial charge in [-0.2, -0.15) is 0 Å². The Labute approximate surface area is 47.6 Å². The quantitative estimate of drug-likeness (QED) is 0.506. The van der Waals surface area contributed by atoms with Crippen LogP contribution in [0.5, 0.6) is 0 Å². The molecule has 0 aliphatic carbocycles. The predicted molar refractivity (Wildman–Crippen MR) is 26.6 cm³/mol. The summed E-state index contributed by atoms with van der Waals surface area (Å²) in [7, 11) is 0. The van der Waals surface area contributed by atoms with Gasteiger partial charge >= 0.3 is 0 Å². The lowest BCUT2D eigenvalue weighted by molar-refractivity contribution is -0.138. The third kappa shape index (κ3) is 2.45. The molecule has 1 aliphatic rings. The van der Waals surface area contributed by atoms with Crippen LogP contribution in [-0.2, 0) is 9.68 Å². The highest BCUT2D eigenvalue weighted by molar-refractivity contribution is 5.85. The van der Waals surface area contributed by atoms with E-state index in [0.717, 1.165) is 0 Å². The number of hydrogen-bond donors (Lipinski definition) is 1. The highest BCUT2D eigenvalue weighted by Crippen LogP contribution is 1.80. The van der Waals surface area contributed by atoms with Crippen LogP contribution in [0.4, 0.5) is 0 Å². The highest BCUT2D eigenvalue weighted by Gasteiger charge is 1.83. The molecule has 7 heavy (non-hydrogen) atoms. The largest absolute Gasteiger partial charge is 0.391 e. The summed E-state index contributed by atoms with van der Waals surface area (Å²) in [5.74, 6) is 0. The molecule has 0 saturated carbocycles. The molecule has 0 aromatic heterocycles. The first-order valence-electron chi connectivity index (χ1n) is 1.67. The van der Waals surface area contributed by atoms with Crippen molar-refractivity contribution in [2.45, 2.75) is 0 Å². The van der Waals surface area contributed by atoms with E-state index in [0.29, 0.717) is 6.61 Å². The zero-order chi connectivity index (χ0) is 4.24. The van der Waals surface area contributed by atoms with Crippen LogP contribution in [0.3, 0.4) is 0 Å². The minimum atomic E-state index is 0. The van der Waals surface area contributed by atoms with Gasteiger partial charge in [-0.1, -0.05) is 0 Å². The fourth-order valence-electron chi connectivity index (χ4n) is 0.231. The summed E-state index contributed by atoms with van der Waals surface area (Å²) in [5.41, 5.74) is 2.20. The van der Waals surface area contributed by atoms with Crippen molar-refractivity contribution in [3.8, 4) is 0 Å². The van der Waals surface area contributed by atoms with E-state index in [4.69, 9.17) is 0 Å². The highest BCUT2D eigenvalue weighted by atomic mass is 35.5. The zero-order valence-electron chi connectivity index (χ0n) is 3.59. The average molecular weight is 124 g/mol. The van der Waals surface area contributed by atoms with Gasteiger partial charge in [-0.15, -0.1) is 12.4 Å². The molecule has 0 radical (unpaired) electrons. The minimum absolute atomic E-state index is 0. The van der Waals surface area contributed by atoms with Crippen LogP contribution in [0.15, 0.2) is 12.3 Å². The second kappa shape index (κ2) is 3.92. The van der Waals surface area contributed by atoms with Crippen molar-refractivity contribution in [2.24, 2.45) is 0 Å². The molecule has 0 spiro atoms. The van der Waals surface area contributed by atoms with Crippen LogP contribution in [0.2, 0.25) is 0 Å². The van der Waals surface area contributed by atoms with Crippen LogP contribution in [0, 0.1) is 0 Å². The van der Waals surface area contributed by atoms with E-state index in [1.165, 1.54) is 6.26 Å². The molecule has 0 fully saturated rings. The maximum Gasteiger partial charge on any atom is 0.112 e. The Morgan fingerprint density at radius 2 is 2.43 bits per heavy atom. The van der Waals surface area contributed by atoms with Crippen molar-refractivity contribution in [1.82, 2.24) is 5.64 Å². The molecule has 1 aliphatic heterocycles. The third-order valence-electron chi connectivity index (χ3n) is 0.451. The molecule has 0 atom stereocenters. The van der Waals surface area contributed by atoms with E-state index < -0.39 is 0 Å². The summed E-state index contributed by atoms with van der Waals surface area (Å²) in [6.45, 7) is 0.583. The Bertz CT molecular complexity index is 58.0. The molecule has 0 amide bonds. The lowest BCUT2D eigenvalue weighted by Gasteiger charge is -2.04. The Morgan fingerprint density at radius 1 is 1.57 bits per heavy atom. The van der Waals surface area contributed by atoms with E-state index in [9.17, 15) is 0 Å². The van der Waals surface area contributed by atoms with Gasteiger partial charge in [0.15, 0.2) is 0 Å². The summed E-state index contributed by atoms with van der Waals surface area (Å²) >= 11 is 0. The standard InChI is InChI=1S/C3H5NO2.ClH/c1-2-5-4-6-3-1;/h1-2,4H,3H2;1H. The van der Waals surface area contributed by atoms with Gasteiger partial charge in [-0.3, -0.25) is 4.84 Å². The number of nitrogens with one attached hydrogen (secondary N) is 1. The van der Waals surface area contributed by atoms with Gasteiger partial charge in [0.2, 0.25) is 0 Å². The molecule has 42 valence electrons. The van der Waals surface area contributed by atoms with Gasteiger partial charge < -0.3 is 4.84 Å². The van der Waals surface area contributed by atoms with Crippen LogP contribution >= 0.6 is 12.4 Å². The lowest BCUT2D eigenvalue weighted by Crippen LogP contribution is -2.15. The molecule has 4 heteroatoms. The minimum Gasteiger partial charge on any atom is -0.391 e. The Morgan fingerprint density at radius 3 is 2.57 bits per heavy atom. The van der Waals surface area contributed by atoms with Crippen LogP contribution in [-0.4, -0.2) is 6.61 Å². The molecule has 0 saturated heterocycles. The third-order valence-corrected chi connectivity index (χ3v) is 0.451. The van der Waals surface area contributed by atoms with Crippen molar-refractivity contribution in [2.75, 3.05) is 6.61 Å². The molecule has 0 aromatic rings. The Balaban J connectivity index is 0.000000360. The monoisotopic (exact) mass is 123 g/mol. The normalized spacial score (nSPS) is 17.1. The molecule has 1 rings (SSSR count). The van der Waals surface area contributed by atoms with Gasteiger partial charge in [0.05, 0.1) is 6.61 Å². The first kappa shape index (κ1) is 6.75. The summed E-state index contributed by atoms with van der Waals surface area (Å²) in [6, 6.07) is 0. The first-order chi connectivity index (χ1) is 3.00. The summed E-state index contributed by atoms with van der Waals surface area (Å²) in [4.78, 5) is 8.93. The molecular formula is C3H6ClNO2. The topological polar surface area (TPSA) is 30.5 Å². The maximum atomic E-state index is 4.51. The maximum absolute atomic E-state index is 4.51. The fraction of sp³-hybridized carbons (Fsp3) is 0.333. The lowest BCUT2D eigenvalue weighted by atomic mass is 10.7. The van der Waals surface area contributed by atoms with Crippen LogP contribution < -0.4 is 5.64 Å². The summed E-state index contributed by atoms with van der Waals surface area (Å²) < 4.78 is 0. The van der Waals surface area contributed by atoms with Gasteiger partial charge in [-0.05, 0) is 11.7 Å². The van der Waals surface area contributed by atoms with Gasteiger partial charge in [0, 0.05) is 0 Å². The molecular weight excluding hydrogens is 117 g/mol. The van der Waals surface area contributed by atoms with E-state index >= 15 is 0 Å². The Kier molecular flexibility index (Phi) is 3.78. The van der Waals surface area contributed by atoms with Gasteiger partial charge in [0.1, 0.15) is 6.26 Å².